The lowest BCUT2D eigenvalue weighted by Gasteiger charge is -2.20. The van der Waals surface area contributed by atoms with Crippen LogP contribution in [-0.2, 0) is 22.5 Å². The summed E-state index contributed by atoms with van der Waals surface area (Å²) in [5.74, 6) is 0.299. The topological polar surface area (TPSA) is 31.2 Å². The van der Waals surface area contributed by atoms with E-state index < -0.39 is 0 Å². The van der Waals surface area contributed by atoms with Crippen molar-refractivity contribution in [3.05, 3.63) is 63.3 Å². The van der Waals surface area contributed by atoms with Gasteiger partial charge in [-0.25, -0.2) is 0 Å². The maximum atomic E-state index is 12.3. The van der Waals surface area contributed by atoms with Crippen LogP contribution in [0.3, 0.4) is 0 Å². The lowest BCUT2D eigenvalue weighted by Crippen LogP contribution is -2.12. The minimum Gasteiger partial charge on any atom is -0.466 e. The number of aromatic nitrogens is 1. The van der Waals surface area contributed by atoms with Crippen LogP contribution in [0.1, 0.15) is 81.8 Å². The standard InChI is InChI=1S/C29H38ClNO2S/c1-9-33-25(32)15-14-23-28(34-29(6,7)8)27-20(5)26(18(2)3)19(4)16-24(27)31(23)17-21-10-12-22(30)13-11-21/h10-13,16,18H,9,14-15,17H2,1-8H3. The first-order valence-electron chi connectivity index (χ1n) is 12.2. The molecule has 0 amide bonds. The van der Waals surface area contributed by atoms with Gasteiger partial charge < -0.3 is 9.30 Å². The number of hydrogen-bond donors (Lipinski definition) is 0. The number of aryl methyl sites for hydroxylation is 2. The third-order valence-corrected chi connectivity index (χ3v) is 7.54. The van der Waals surface area contributed by atoms with Gasteiger partial charge in [-0.15, -0.1) is 11.8 Å². The molecule has 0 fully saturated rings. The summed E-state index contributed by atoms with van der Waals surface area (Å²) in [4.78, 5) is 13.6. The van der Waals surface area contributed by atoms with Crippen LogP contribution in [0.25, 0.3) is 10.9 Å². The first-order chi connectivity index (χ1) is 15.9. The van der Waals surface area contributed by atoms with Crippen molar-refractivity contribution in [1.82, 2.24) is 4.57 Å². The van der Waals surface area contributed by atoms with Crippen molar-refractivity contribution in [2.75, 3.05) is 6.61 Å². The molecule has 0 saturated carbocycles. The predicted molar refractivity (Wildman–Crippen MR) is 147 cm³/mol. The van der Waals surface area contributed by atoms with Gasteiger partial charge in [0.1, 0.15) is 0 Å². The third-order valence-electron chi connectivity index (χ3n) is 6.03. The number of fused-ring (bicyclic) bond motifs is 1. The molecule has 0 radical (unpaired) electrons. The van der Waals surface area contributed by atoms with E-state index in [4.69, 9.17) is 16.3 Å². The highest BCUT2D eigenvalue weighted by molar-refractivity contribution is 8.00. The second kappa shape index (κ2) is 10.8. The fourth-order valence-corrected chi connectivity index (χ4v) is 6.28. The molecule has 2 aromatic carbocycles. The molecule has 0 N–H and O–H groups in total. The molecule has 0 aliphatic heterocycles. The molecule has 0 atom stereocenters. The molecule has 0 saturated heterocycles. The van der Waals surface area contributed by atoms with E-state index in [0.29, 0.717) is 25.4 Å². The van der Waals surface area contributed by atoms with Gasteiger partial charge in [0.05, 0.1) is 18.5 Å². The molecular weight excluding hydrogens is 462 g/mol. The fourth-order valence-electron chi connectivity index (χ4n) is 4.85. The Morgan fingerprint density at radius 2 is 1.79 bits per heavy atom. The molecule has 0 aliphatic rings. The molecule has 0 aliphatic carbocycles. The average molecular weight is 500 g/mol. The summed E-state index contributed by atoms with van der Waals surface area (Å²) >= 11 is 8.06. The molecule has 3 aromatic rings. The summed E-state index contributed by atoms with van der Waals surface area (Å²) in [5.41, 5.74) is 7.72. The molecular formula is C29H38ClNO2S. The van der Waals surface area contributed by atoms with Gasteiger partial charge in [-0.3, -0.25) is 4.79 Å². The van der Waals surface area contributed by atoms with Crippen LogP contribution in [0.15, 0.2) is 35.2 Å². The monoisotopic (exact) mass is 499 g/mol. The van der Waals surface area contributed by atoms with Gasteiger partial charge in [0.25, 0.3) is 0 Å². The Bertz CT molecular complexity index is 1170. The Hall–Kier alpha value is -1.91. The molecule has 1 heterocycles. The van der Waals surface area contributed by atoms with Crippen LogP contribution in [-0.4, -0.2) is 21.9 Å². The molecule has 0 bridgehead atoms. The fraction of sp³-hybridized carbons (Fsp3) is 0.483. The van der Waals surface area contributed by atoms with Crippen molar-refractivity contribution in [3.63, 3.8) is 0 Å². The summed E-state index contributed by atoms with van der Waals surface area (Å²) in [6, 6.07) is 10.4. The molecule has 3 rings (SSSR count). The molecule has 0 unspecified atom stereocenters. The van der Waals surface area contributed by atoms with E-state index in [-0.39, 0.29) is 10.7 Å². The maximum absolute atomic E-state index is 12.3. The zero-order valence-electron chi connectivity index (χ0n) is 21.8. The number of rotatable bonds is 8. The largest absolute Gasteiger partial charge is 0.466 e. The van der Waals surface area contributed by atoms with E-state index in [1.165, 1.54) is 43.7 Å². The van der Waals surface area contributed by atoms with Crippen molar-refractivity contribution in [1.29, 1.82) is 0 Å². The summed E-state index contributed by atoms with van der Waals surface area (Å²) in [7, 11) is 0. The minimum atomic E-state index is -0.145. The highest BCUT2D eigenvalue weighted by atomic mass is 35.5. The van der Waals surface area contributed by atoms with Gasteiger partial charge in [-0.2, -0.15) is 0 Å². The highest BCUT2D eigenvalue weighted by Crippen LogP contribution is 2.45. The van der Waals surface area contributed by atoms with Crippen molar-refractivity contribution >= 4 is 40.2 Å². The van der Waals surface area contributed by atoms with Gasteiger partial charge in [-0.05, 0) is 73.6 Å². The van der Waals surface area contributed by atoms with E-state index in [0.717, 1.165) is 11.6 Å². The number of benzene rings is 2. The van der Waals surface area contributed by atoms with Crippen LogP contribution in [0, 0.1) is 13.8 Å². The van der Waals surface area contributed by atoms with E-state index in [1.807, 2.05) is 30.8 Å². The number of hydrogen-bond acceptors (Lipinski definition) is 3. The number of halogens is 1. The zero-order valence-corrected chi connectivity index (χ0v) is 23.4. The summed E-state index contributed by atoms with van der Waals surface area (Å²) in [6.07, 6.45) is 1.02. The quantitative estimate of drug-likeness (QED) is 0.230. The smallest absolute Gasteiger partial charge is 0.306 e. The summed E-state index contributed by atoms with van der Waals surface area (Å²) in [5, 5.41) is 2.06. The van der Waals surface area contributed by atoms with Crippen LogP contribution in [0.4, 0.5) is 0 Å². The van der Waals surface area contributed by atoms with Crippen molar-refractivity contribution in [2.45, 2.75) is 90.3 Å². The number of carbonyl (C=O) groups is 1. The zero-order chi connectivity index (χ0) is 25.2. The van der Waals surface area contributed by atoms with Crippen LogP contribution in [0.5, 0.6) is 0 Å². The molecule has 0 spiro atoms. The minimum absolute atomic E-state index is 0.0351. The Labute approximate surface area is 214 Å². The first-order valence-corrected chi connectivity index (χ1v) is 13.4. The van der Waals surface area contributed by atoms with Gasteiger partial charge in [0.2, 0.25) is 0 Å². The molecule has 34 heavy (non-hydrogen) atoms. The Balaban J connectivity index is 2.30. The summed E-state index contributed by atoms with van der Waals surface area (Å²) < 4.78 is 7.72. The second-order valence-electron chi connectivity index (χ2n) is 10.3. The van der Waals surface area contributed by atoms with Crippen molar-refractivity contribution in [3.8, 4) is 0 Å². The van der Waals surface area contributed by atoms with E-state index in [1.54, 1.807) is 0 Å². The van der Waals surface area contributed by atoms with Crippen LogP contribution < -0.4 is 0 Å². The van der Waals surface area contributed by atoms with Crippen LogP contribution in [0.2, 0.25) is 5.02 Å². The third kappa shape index (κ3) is 6.01. The lowest BCUT2D eigenvalue weighted by molar-refractivity contribution is -0.143. The van der Waals surface area contributed by atoms with Gasteiger partial charge >= 0.3 is 5.97 Å². The number of carbonyl (C=O) groups excluding carboxylic acids is 1. The Kier molecular flexibility index (Phi) is 8.47. The number of esters is 1. The lowest BCUT2D eigenvalue weighted by atomic mass is 9.91. The molecule has 1 aromatic heterocycles. The maximum Gasteiger partial charge on any atom is 0.306 e. The van der Waals surface area contributed by atoms with E-state index in [9.17, 15) is 4.79 Å². The van der Waals surface area contributed by atoms with E-state index in [2.05, 4.69) is 71.2 Å². The SMILES string of the molecule is CCOC(=O)CCc1c(SC(C)(C)C)c2c(C)c(C(C)C)c(C)cc2n1Cc1ccc(Cl)cc1. The number of ether oxygens (including phenoxy) is 1. The molecule has 3 nitrogen and oxygen atoms in total. The number of nitrogens with zero attached hydrogens (tertiary/aromatic N) is 1. The molecule has 184 valence electrons. The second-order valence-corrected chi connectivity index (χ2v) is 12.6. The Morgan fingerprint density at radius 3 is 2.35 bits per heavy atom. The Morgan fingerprint density at radius 1 is 1.15 bits per heavy atom. The summed E-state index contributed by atoms with van der Waals surface area (Å²) in [6.45, 7) is 18.8. The van der Waals surface area contributed by atoms with Gasteiger partial charge in [0, 0.05) is 32.3 Å². The normalized spacial score (nSPS) is 12.1. The van der Waals surface area contributed by atoms with Crippen molar-refractivity contribution < 1.29 is 9.53 Å². The van der Waals surface area contributed by atoms with E-state index >= 15 is 0 Å². The highest BCUT2D eigenvalue weighted by Gasteiger charge is 2.26. The molecule has 5 heteroatoms. The average Bonchev–Trinajstić information content (AvgIpc) is 2.99. The van der Waals surface area contributed by atoms with Crippen molar-refractivity contribution in [2.24, 2.45) is 0 Å². The predicted octanol–water partition coefficient (Wildman–Crippen LogP) is 8.47. The first kappa shape index (κ1) is 26.7. The van der Waals surface area contributed by atoms with Gasteiger partial charge in [0.15, 0.2) is 0 Å². The van der Waals surface area contributed by atoms with Gasteiger partial charge in [-0.1, -0.05) is 58.4 Å². The van der Waals surface area contributed by atoms with Crippen LogP contribution >= 0.6 is 23.4 Å². The number of thioether (sulfide) groups is 1.